The molecule has 1 atom stereocenters. The van der Waals surface area contributed by atoms with E-state index in [4.69, 9.17) is 0 Å². The molecule has 0 spiro atoms. The summed E-state index contributed by atoms with van der Waals surface area (Å²) in [5.41, 5.74) is 0. The van der Waals surface area contributed by atoms with E-state index < -0.39 is 36.6 Å². The molecule has 1 aliphatic rings. The van der Waals surface area contributed by atoms with Crippen LogP contribution in [0.25, 0.3) is 0 Å². The van der Waals surface area contributed by atoms with Crippen LogP contribution in [0.5, 0.6) is 0 Å². The molecule has 0 aromatic rings. The molecule has 74 valence electrons. The highest BCUT2D eigenvalue weighted by Crippen LogP contribution is 2.43. The van der Waals surface area contributed by atoms with Crippen molar-refractivity contribution in [2.24, 2.45) is 0 Å². The van der Waals surface area contributed by atoms with Crippen LogP contribution in [0.15, 0.2) is 0 Å². The molecule has 0 amide bonds. The van der Waals surface area contributed by atoms with Crippen LogP contribution in [0.1, 0.15) is 0 Å². The van der Waals surface area contributed by atoms with Crippen LogP contribution in [0, 0.1) is 0 Å². The van der Waals surface area contributed by atoms with Crippen LogP contribution in [0.4, 0.5) is 17.6 Å². The Hall–Kier alpha value is -0.980. The number of halogens is 4. The van der Waals surface area contributed by atoms with E-state index in [-0.39, 0.29) is 0 Å². The predicted molar refractivity (Wildman–Crippen MR) is 30.7 cm³/mol. The Balaban J connectivity index is 2.94. The maximum absolute atomic E-state index is 12.6. The summed E-state index contributed by atoms with van der Waals surface area (Å²) in [6.07, 6.45) is -3.11. The average Bonchev–Trinajstić information content (AvgIpc) is 2.22. The quantitative estimate of drug-likeness (QED) is 0.368. The SMILES string of the molecule is O=CC(=O)C1OCC(F)(F)C1(F)F. The predicted octanol–water partition coefficient (Wildman–Crippen LogP) is 0.424. The van der Waals surface area contributed by atoms with E-state index in [1.165, 1.54) is 0 Å². The van der Waals surface area contributed by atoms with E-state index in [9.17, 15) is 27.2 Å². The normalized spacial score (nSPS) is 30.0. The zero-order valence-corrected chi connectivity index (χ0v) is 6.10. The van der Waals surface area contributed by atoms with Gasteiger partial charge in [-0.05, 0) is 0 Å². The van der Waals surface area contributed by atoms with Crippen LogP contribution in [0.3, 0.4) is 0 Å². The lowest BCUT2D eigenvalue weighted by atomic mass is 10.1. The second-order valence-corrected chi connectivity index (χ2v) is 2.54. The Bertz CT molecular complexity index is 250. The monoisotopic (exact) mass is 200 g/mol. The third kappa shape index (κ3) is 1.32. The Labute approximate surface area is 69.7 Å². The molecular weight excluding hydrogens is 196 g/mol. The van der Waals surface area contributed by atoms with Gasteiger partial charge in [-0.15, -0.1) is 0 Å². The molecule has 0 aromatic heterocycles. The van der Waals surface area contributed by atoms with Gasteiger partial charge in [-0.1, -0.05) is 0 Å². The Morgan fingerprint density at radius 2 is 1.92 bits per heavy atom. The highest BCUT2D eigenvalue weighted by atomic mass is 19.3. The molecule has 7 heteroatoms. The van der Waals surface area contributed by atoms with Gasteiger partial charge in [0.25, 0.3) is 0 Å². The zero-order chi connectivity index (χ0) is 10.3. The fourth-order valence-electron chi connectivity index (χ4n) is 0.903. The van der Waals surface area contributed by atoms with Crippen LogP contribution >= 0.6 is 0 Å². The van der Waals surface area contributed by atoms with Gasteiger partial charge in [0.1, 0.15) is 6.61 Å². The smallest absolute Gasteiger partial charge is 0.345 e. The summed E-state index contributed by atoms with van der Waals surface area (Å²) in [7, 11) is 0. The first-order valence-corrected chi connectivity index (χ1v) is 3.19. The van der Waals surface area contributed by atoms with Crippen molar-refractivity contribution in [3.8, 4) is 0 Å². The average molecular weight is 200 g/mol. The van der Waals surface area contributed by atoms with E-state index in [2.05, 4.69) is 4.74 Å². The van der Waals surface area contributed by atoms with Crippen molar-refractivity contribution in [2.45, 2.75) is 17.9 Å². The second kappa shape index (κ2) is 2.76. The van der Waals surface area contributed by atoms with E-state index in [0.29, 0.717) is 0 Å². The number of hydrogen-bond donors (Lipinski definition) is 0. The molecule has 1 unspecified atom stereocenters. The number of alkyl halides is 4. The molecule has 0 aliphatic carbocycles. The lowest BCUT2D eigenvalue weighted by Crippen LogP contribution is -2.47. The van der Waals surface area contributed by atoms with Gasteiger partial charge in [0.05, 0.1) is 0 Å². The minimum absolute atomic E-state index is 0.458. The van der Waals surface area contributed by atoms with Crippen LogP contribution in [-0.2, 0) is 14.3 Å². The molecular formula is C6H4F4O3. The first-order valence-electron chi connectivity index (χ1n) is 3.19. The molecule has 0 radical (unpaired) electrons. The lowest BCUT2D eigenvalue weighted by molar-refractivity contribution is -0.190. The molecule has 1 fully saturated rings. The molecule has 0 bridgehead atoms. The van der Waals surface area contributed by atoms with Crippen molar-refractivity contribution >= 4 is 12.1 Å². The zero-order valence-electron chi connectivity index (χ0n) is 6.10. The number of aldehydes is 1. The minimum atomic E-state index is -4.61. The molecule has 1 heterocycles. The van der Waals surface area contributed by atoms with Gasteiger partial charge in [-0.2, -0.15) is 17.6 Å². The molecule has 13 heavy (non-hydrogen) atoms. The number of carbonyl (C=O) groups excluding carboxylic acids is 2. The van der Waals surface area contributed by atoms with E-state index >= 15 is 0 Å². The van der Waals surface area contributed by atoms with Gasteiger partial charge in [0.15, 0.2) is 12.4 Å². The molecule has 1 aliphatic heterocycles. The van der Waals surface area contributed by atoms with Crippen LogP contribution in [-0.4, -0.2) is 36.6 Å². The van der Waals surface area contributed by atoms with Gasteiger partial charge < -0.3 is 4.74 Å². The maximum atomic E-state index is 12.6. The number of Topliss-reactive ketones (excluding diaryl/α,β-unsaturated/α-hetero) is 1. The van der Waals surface area contributed by atoms with Gasteiger partial charge in [-0.25, -0.2) is 0 Å². The topological polar surface area (TPSA) is 43.4 Å². The number of hydrogen-bond acceptors (Lipinski definition) is 3. The number of ether oxygens (including phenoxy) is 1. The first kappa shape index (κ1) is 10.1. The Morgan fingerprint density at radius 1 is 1.38 bits per heavy atom. The van der Waals surface area contributed by atoms with Crippen molar-refractivity contribution in [3.05, 3.63) is 0 Å². The summed E-state index contributed by atoms with van der Waals surface area (Å²) in [6, 6.07) is 0. The summed E-state index contributed by atoms with van der Waals surface area (Å²) < 4.78 is 53.6. The summed E-state index contributed by atoms with van der Waals surface area (Å²) in [5.74, 6) is -10.7. The summed E-state index contributed by atoms with van der Waals surface area (Å²) in [4.78, 5) is 20.2. The fraction of sp³-hybridized carbons (Fsp3) is 0.667. The van der Waals surface area contributed by atoms with Gasteiger partial charge >= 0.3 is 11.8 Å². The summed E-state index contributed by atoms with van der Waals surface area (Å²) >= 11 is 0. The molecule has 3 nitrogen and oxygen atoms in total. The lowest BCUT2D eigenvalue weighted by Gasteiger charge is -2.18. The van der Waals surface area contributed by atoms with Gasteiger partial charge in [0, 0.05) is 0 Å². The molecule has 1 saturated heterocycles. The van der Waals surface area contributed by atoms with E-state index in [1.807, 2.05) is 0 Å². The molecule has 0 N–H and O–H groups in total. The third-order valence-electron chi connectivity index (χ3n) is 1.62. The van der Waals surface area contributed by atoms with Gasteiger partial charge in [0.2, 0.25) is 5.78 Å². The standard InChI is InChI=1S/C6H4F4O3/c7-5(8)2-13-4(3(12)1-11)6(5,9)10/h1,4H,2H2. The van der Waals surface area contributed by atoms with Crippen molar-refractivity contribution in [1.82, 2.24) is 0 Å². The van der Waals surface area contributed by atoms with Crippen molar-refractivity contribution in [2.75, 3.05) is 6.61 Å². The highest BCUT2D eigenvalue weighted by molar-refractivity contribution is 6.27. The van der Waals surface area contributed by atoms with Crippen molar-refractivity contribution in [3.63, 3.8) is 0 Å². The largest absolute Gasteiger partial charge is 0.357 e. The maximum Gasteiger partial charge on any atom is 0.345 e. The Kier molecular flexibility index (Phi) is 2.15. The summed E-state index contributed by atoms with van der Waals surface area (Å²) in [6.45, 7) is -1.55. The minimum Gasteiger partial charge on any atom is -0.357 e. The van der Waals surface area contributed by atoms with Crippen molar-refractivity contribution in [1.29, 1.82) is 0 Å². The van der Waals surface area contributed by atoms with Crippen LogP contribution in [0.2, 0.25) is 0 Å². The molecule has 0 aromatic carbocycles. The van der Waals surface area contributed by atoms with Gasteiger partial charge in [-0.3, -0.25) is 9.59 Å². The number of carbonyl (C=O) groups is 2. The number of rotatable bonds is 2. The Morgan fingerprint density at radius 3 is 2.23 bits per heavy atom. The highest BCUT2D eigenvalue weighted by Gasteiger charge is 2.69. The van der Waals surface area contributed by atoms with Crippen molar-refractivity contribution < 1.29 is 31.9 Å². The van der Waals surface area contributed by atoms with Crippen LogP contribution < -0.4 is 0 Å². The first-order chi connectivity index (χ1) is 5.83. The third-order valence-corrected chi connectivity index (χ3v) is 1.62. The molecule has 1 rings (SSSR count). The fourth-order valence-corrected chi connectivity index (χ4v) is 0.903. The second-order valence-electron chi connectivity index (χ2n) is 2.54. The molecule has 0 saturated carbocycles. The van der Waals surface area contributed by atoms with E-state index in [1.54, 1.807) is 0 Å². The van der Waals surface area contributed by atoms with E-state index in [0.717, 1.165) is 0 Å². The summed E-state index contributed by atoms with van der Waals surface area (Å²) in [5, 5.41) is 0. The number of ketones is 1.